The van der Waals surface area contributed by atoms with E-state index in [2.05, 4.69) is 43.3 Å². The van der Waals surface area contributed by atoms with Crippen molar-refractivity contribution in [3.8, 4) is 11.5 Å². The van der Waals surface area contributed by atoms with Crippen LogP contribution in [0.2, 0.25) is 0 Å². The molecule has 236 valence electrons. The summed E-state index contributed by atoms with van der Waals surface area (Å²) in [4.78, 5) is 18.5. The third-order valence-corrected chi connectivity index (χ3v) is 10.1. The van der Waals surface area contributed by atoms with Crippen LogP contribution in [0.15, 0.2) is 102 Å². The molecule has 0 spiro atoms. The molecule has 8 rings (SSSR count). The van der Waals surface area contributed by atoms with Crippen molar-refractivity contribution in [2.24, 2.45) is 5.92 Å². The van der Waals surface area contributed by atoms with Gasteiger partial charge >= 0.3 is 0 Å². The average molecular weight is 626 g/mol. The number of methoxy groups -OCH3 is 4. The quantitative estimate of drug-likeness (QED) is 0.177. The largest absolute Gasteiger partial charge is 0.496 e. The second-order valence-electron chi connectivity index (χ2n) is 12.4. The van der Waals surface area contributed by atoms with Crippen LogP contribution in [0.5, 0.6) is 11.5 Å². The predicted octanol–water partition coefficient (Wildman–Crippen LogP) is 8.03. The van der Waals surface area contributed by atoms with Crippen LogP contribution in [0.1, 0.15) is 41.8 Å². The second kappa shape index (κ2) is 11.0. The lowest BCUT2D eigenvalue weighted by molar-refractivity contribution is -0.191. The maximum Gasteiger partial charge on any atom is 0.294 e. The van der Waals surface area contributed by atoms with Gasteiger partial charge in [-0.05, 0) is 75.7 Å². The lowest BCUT2D eigenvalue weighted by Crippen LogP contribution is -2.34. The topological polar surface area (TPSA) is 76.1 Å². The van der Waals surface area contributed by atoms with Gasteiger partial charge in [0.1, 0.15) is 22.8 Å². The summed E-state index contributed by atoms with van der Waals surface area (Å²) in [5, 5.41) is 6.32. The molecular weight excluding hydrogens is 590 g/mol. The molecule has 7 heteroatoms. The van der Waals surface area contributed by atoms with E-state index >= 15 is 0 Å². The Balaban J connectivity index is 1.36. The molecular formula is C40H35NO6. The highest BCUT2D eigenvalue weighted by Crippen LogP contribution is 2.51. The standard InChI is InChI=1S/C40H35NO6/c1-22-16-17-25-28(19-18-26-27-12-8-15-33(43-2)36(27)34(44-3)21-29(25)26)35(22)31-20-23-10-6-7-11-24(23)38(41-31)40(46-5)30-13-9-14-32(42)37(30)39(45-4)47-40/h6-15,18-22,35H,16-17H2,1-5H3. The van der Waals surface area contributed by atoms with Crippen molar-refractivity contribution in [2.45, 2.75) is 31.5 Å². The van der Waals surface area contributed by atoms with Crippen LogP contribution in [-0.2, 0) is 31.2 Å². The Labute approximate surface area is 273 Å². The van der Waals surface area contributed by atoms with E-state index in [4.69, 9.17) is 28.7 Å². The Morgan fingerprint density at radius 1 is 0.851 bits per heavy atom. The molecule has 7 nitrogen and oxygen atoms in total. The number of ketones is 1. The number of allylic oxidation sites excluding steroid dienone is 3. The summed E-state index contributed by atoms with van der Waals surface area (Å²) in [5.41, 5.74) is 5.00. The summed E-state index contributed by atoms with van der Waals surface area (Å²) in [6.07, 6.45) is 7.03. The molecule has 0 radical (unpaired) electrons. The van der Waals surface area contributed by atoms with E-state index < -0.39 is 5.79 Å². The molecule has 3 aliphatic rings. The minimum Gasteiger partial charge on any atom is -0.496 e. The van der Waals surface area contributed by atoms with Crippen molar-refractivity contribution in [3.05, 3.63) is 125 Å². The molecule has 4 aromatic carbocycles. The van der Waals surface area contributed by atoms with Crippen molar-refractivity contribution >= 4 is 38.1 Å². The first-order valence-electron chi connectivity index (χ1n) is 15.9. The number of carbonyl (C=O) groups excluding carboxylic acids is 1. The monoisotopic (exact) mass is 625 g/mol. The highest BCUT2D eigenvalue weighted by atomic mass is 16.8. The molecule has 1 aromatic heterocycles. The van der Waals surface area contributed by atoms with Gasteiger partial charge in [0.05, 0.1) is 26.7 Å². The van der Waals surface area contributed by atoms with Crippen molar-refractivity contribution in [2.75, 3.05) is 28.4 Å². The van der Waals surface area contributed by atoms with Crippen LogP contribution in [0.3, 0.4) is 0 Å². The summed E-state index contributed by atoms with van der Waals surface area (Å²) < 4.78 is 30.0. The molecule has 0 bridgehead atoms. The zero-order chi connectivity index (χ0) is 32.4. The van der Waals surface area contributed by atoms with Crippen molar-refractivity contribution < 1.29 is 28.5 Å². The van der Waals surface area contributed by atoms with Gasteiger partial charge in [0, 0.05) is 29.7 Å². The highest BCUT2D eigenvalue weighted by Gasteiger charge is 2.53. The van der Waals surface area contributed by atoms with Crippen molar-refractivity contribution in [1.82, 2.24) is 4.98 Å². The fraction of sp³-hybridized carbons (Fsp3) is 0.250. The molecule has 0 fully saturated rings. The van der Waals surface area contributed by atoms with Crippen LogP contribution < -0.4 is 9.47 Å². The Kier molecular flexibility index (Phi) is 6.84. The average Bonchev–Trinajstić information content (AvgIpc) is 3.45. The SMILES string of the molecule is COC1=C2C(=O)C=CC=C2C(OC)(c2nc(C3c4ccc5c(cc(OC)c6c(OC)cccc65)c4CCC3C)cc3ccccc23)O1. The number of nitrogens with zero attached hydrogens (tertiary/aromatic N) is 1. The van der Waals surface area contributed by atoms with E-state index in [1.807, 2.05) is 36.4 Å². The number of hydrogen-bond donors (Lipinski definition) is 0. The molecule has 0 N–H and O–H groups in total. The number of fused-ring (bicyclic) bond motifs is 7. The number of rotatable bonds is 6. The van der Waals surface area contributed by atoms with Crippen LogP contribution in [0.25, 0.3) is 32.3 Å². The number of pyridine rings is 1. The van der Waals surface area contributed by atoms with Gasteiger partial charge < -0.3 is 23.7 Å². The first-order valence-corrected chi connectivity index (χ1v) is 15.9. The third kappa shape index (κ3) is 4.16. The number of benzene rings is 4. The van der Waals surface area contributed by atoms with Crippen LogP contribution >= 0.6 is 0 Å². The molecule has 0 saturated carbocycles. The smallest absolute Gasteiger partial charge is 0.294 e. The van der Waals surface area contributed by atoms with Crippen LogP contribution in [0, 0.1) is 5.92 Å². The zero-order valence-corrected chi connectivity index (χ0v) is 27.0. The third-order valence-electron chi connectivity index (χ3n) is 10.1. The lowest BCUT2D eigenvalue weighted by atomic mass is 9.72. The highest BCUT2D eigenvalue weighted by molar-refractivity contribution is 6.13. The van der Waals surface area contributed by atoms with E-state index in [1.54, 1.807) is 27.4 Å². The van der Waals surface area contributed by atoms with Gasteiger partial charge in [0.15, 0.2) is 5.78 Å². The Bertz CT molecular complexity index is 2230. The van der Waals surface area contributed by atoms with Gasteiger partial charge in [-0.1, -0.05) is 67.6 Å². The Morgan fingerprint density at radius 3 is 2.45 bits per heavy atom. The van der Waals surface area contributed by atoms with Gasteiger partial charge in [-0.25, -0.2) is 4.98 Å². The van der Waals surface area contributed by atoms with E-state index in [9.17, 15) is 4.79 Å². The van der Waals surface area contributed by atoms with Gasteiger partial charge in [-0.2, -0.15) is 0 Å². The molecule has 5 aromatic rings. The predicted molar refractivity (Wildman–Crippen MR) is 182 cm³/mol. The number of hydrogen-bond acceptors (Lipinski definition) is 7. The van der Waals surface area contributed by atoms with Crippen molar-refractivity contribution in [3.63, 3.8) is 0 Å². The molecule has 0 saturated heterocycles. The normalized spacial score (nSPS) is 21.9. The lowest BCUT2D eigenvalue weighted by Gasteiger charge is -2.34. The first-order chi connectivity index (χ1) is 22.9. The maximum atomic E-state index is 13.1. The van der Waals surface area contributed by atoms with Gasteiger partial charge in [-0.3, -0.25) is 4.79 Å². The van der Waals surface area contributed by atoms with Gasteiger partial charge in [0.25, 0.3) is 11.7 Å². The van der Waals surface area contributed by atoms with Crippen molar-refractivity contribution in [1.29, 1.82) is 0 Å². The Morgan fingerprint density at radius 2 is 1.66 bits per heavy atom. The summed E-state index contributed by atoms with van der Waals surface area (Å²) in [6.45, 7) is 2.30. The number of carbonyl (C=O) groups is 1. The first kappa shape index (κ1) is 29.3. The number of aromatic nitrogens is 1. The molecule has 3 atom stereocenters. The summed E-state index contributed by atoms with van der Waals surface area (Å²) in [6, 6.07) is 23.1. The molecule has 3 unspecified atom stereocenters. The summed E-state index contributed by atoms with van der Waals surface area (Å²) in [5.74, 6) is 0.372. The fourth-order valence-electron chi connectivity index (χ4n) is 7.94. The molecule has 0 amide bonds. The second-order valence-corrected chi connectivity index (χ2v) is 12.4. The molecule has 2 heterocycles. The Hall–Kier alpha value is -5.14. The van der Waals surface area contributed by atoms with Gasteiger partial charge in [0.2, 0.25) is 0 Å². The summed E-state index contributed by atoms with van der Waals surface area (Å²) in [7, 11) is 6.49. The number of ether oxygens (including phenoxy) is 5. The summed E-state index contributed by atoms with van der Waals surface area (Å²) >= 11 is 0. The van der Waals surface area contributed by atoms with Gasteiger partial charge in [-0.15, -0.1) is 0 Å². The maximum absolute atomic E-state index is 13.1. The van der Waals surface area contributed by atoms with E-state index in [-0.39, 0.29) is 17.6 Å². The minimum absolute atomic E-state index is 0.00463. The van der Waals surface area contributed by atoms with E-state index in [0.717, 1.165) is 51.6 Å². The van der Waals surface area contributed by atoms with E-state index in [0.29, 0.717) is 22.8 Å². The molecule has 1 aliphatic heterocycles. The molecule has 2 aliphatic carbocycles. The number of aryl methyl sites for hydroxylation is 1. The van der Waals surface area contributed by atoms with Crippen LogP contribution in [0.4, 0.5) is 0 Å². The fourth-order valence-corrected chi connectivity index (χ4v) is 7.94. The van der Waals surface area contributed by atoms with Crippen LogP contribution in [-0.4, -0.2) is 39.2 Å². The zero-order valence-electron chi connectivity index (χ0n) is 27.0. The van der Waals surface area contributed by atoms with E-state index in [1.165, 1.54) is 35.1 Å². The minimum atomic E-state index is -1.47. The molecule has 47 heavy (non-hydrogen) atoms.